The molecule has 0 unspecified atom stereocenters. The molecule has 0 amide bonds. The van der Waals surface area contributed by atoms with Crippen LogP contribution in [0.15, 0.2) is 24.4 Å². The predicted molar refractivity (Wildman–Crippen MR) is 80.4 cm³/mol. The van der Waals surface area contributed by atoms with Crippen LogP contribution >= 0.6 is 0 Å². The van der Waals surface area contributed by atoms with Gasteiger partial charge in [-0.05, 0) is 49.8 Å². The van der Waals surface area contributed by atoms with Gasteiger partial charge in [-0.25, -0.2) is 0 Å². The van der Waals surface area contributed by atoms with E-state index in [1.807, 2.05) is 6.20 Å². The summed E-state index contributed by atoms with van der Waals surface area (Å²) in [7, 11) is 0. The van der Waals surface area contributed by atoms with Crippen molar-refractivity contribution in [3.8, 4) is 0 Å². The van der Waals surface area contributed by atoms with E-state index in [9.17, 15) is 0 Å². The highest BCUT2D eigenvalue weighted by Gasteiger charge is 2.20. The lowest BCUT2D eigenvalue weighted by Crippen LogP contribution is -2.26. The van der Waals surface area contributed by atoms with Gasteiger partial charge >= 0.3 is 0 Å². The molecule has 0 spiro atoms. The Balaban J connectivity index is 1.59. The third-order valence-corrected chi connectivity index (χ3v) is 4.35. The van der Waals surface area contributed by atoms with Gasteiger partial charge in [0.05, 0.1) is 11.7 Å². The Kier molecular flexibility index (Phi) is 3.72. The lowest BCUT2D eigenvalue weighted by Gasteiger charge is -2.29. The average molecular weight is 257 g/mol. The molecule has 1 aromatic heterocycles. The number of hydrogen-bond acceptors (Lipinski definition) is 2. The second-order valence-electron chi connectivity index (χ2n) is 5.82. The summed E-state index contributed by atoms with van der Waals surface area (Å²) in [6.07, 6.45) is 10.0. The van der Waals surface area contributed by atoms with Gasteiger partial charge in [0.1, 0.15) is 0 Å². The maximum atomic E-state index is 4.07. The van der Waals surface area contributed by atoms with Crippen molar-refractivity contribution >= 4 is 16.6 Å². The highest BCUT2D eigenvalue weighted by atomic mass is 15.1. The second kappa shape index (κ2) is 5.64. The van der Waals surface area contributed by atoms with Crippen LogP contribution in [0.2, 0.25) is 0 Å². The minimum atomic E-state index is 0.650. The summed E-state index contributed by atoms with van der Waals surface area (Å²) >= 11 is 0. The van der Waals surface area contributed by atoms with E-state index in [2.05, 4.69) is 40.6 Å². The third kappa shape index (κ3) is 2.91. The highest BCUT2D eigenvalue weighted by molar-refractivity contribution is 5.81. The quantitative estimate of drug-likeness (QED) is 0.855. The summed E-state index contributed by atoms with van der Waals surface area (Å²) < 4.78 is 0. The minimum absolute atomic E-state index is 0.650. The lowest BCUT2D eigenvalue weighted by atomic mass is 9.83. The summed E-state index contributed by atoms with van der Waals surface area (Å²) in [5, 5.41) is 11.9. The largest absolute Gasteiger partial charge is 0.382 e. The van der Waals surface area contributed by atoms with E-state index in [-0.39, 0.29) is 0 Å². The fourth-order valence-electron chi connectivity index (χ4n) is 3.27. The van der Waals surface area contributed by atoms with Crippen LogP contribution in [0, 0.1) is 5.92 Å². The Labute approximate surface area is 114 Å². The van der Waals surface area contributed by atoms with Crippen molar-refractivity contribution in [3.05, 3.63) is 24.4 Å². The van der Waals surface area contributed by atoms with Crippen LogP contribution in [-0.2, 0) is 0 Å². The van der Waals surface area contributed by atoms with Crippen LogP contribution in [0.1, 0.15) is 45.4 Å². The summed E-state index contributed by atoms with van der Waals surface area (Å²) in [6.45, 7) is 2.30. The number of nitrogens with one attached hydrogen (secondary N) is 2. The van der Waals surface area contributed by atoms with E-state index in [0.29, 0.717) is 6.04 Å². The molecule has 3 nitrogen and oxygen atoms in total. The van der Waals surface area contributed by atoms with Crippen molar-refractivity contribution in [1.82, 2.24) is 10.2 Å². The molecule has 1 fully saturated rings. The number of hydrogen-bond donors (Lipinski definition) is 2. The molecule has 1 heterocycles. The van der Waals surface area contributed by atoms with Gasteiger partial charge in [0.15, 0.2) is 0 Å². The van der Waals surface area contributed by atoms with Crippen LogP contribution in [0.4, 0.5) is 5.69 Å². The number of aromatic nitrogens is 2. The zero-order chi connectivity index (χ0) is 13.1. The molecular formula is C16H23N3. The molecule has 0 bridgehead atoms. The Morgan fingerprint density at radius 3 is 2.89 bits per heavy atom. The first-order valence-electron chi connectivity index (χ1n) is 7.55. The van der Waals surface area contributed by atoms with Crippen molar-refractivity contribution in [2.24, 2.45) is 5.92 Å². The van der Waals surface area contributed by atoms with E-state index < -0.39 is 0 Å². The summed E-state index contributed by atoms with van der Waals surface area (Å²) in [4.78, 5) is 0. The van der Waals surface area contributed by atoms with Gasteiger partial charge in [-0.15, -0.1) is 0 Å². The van der Waals surface area contributed by atoms with Crippen molar-refractivity contribution in [3.63, 3.8) is 0 Å². The molecule has 0 aliphatic heterocycles. The van der Waals surface area contributed by atoms with Crippen LogP contribution < -0.4 is 5.32 Å². The highest BCUT2D eigenvalue weighted by Crippen LogP contribution is 2.29. The number of nitrogens with zero attached hydrogens (tertiary/aromatic N) is 1. The Morgan fingerprint density at radius 2 is 2.11 bits per heavy atom. The average Bonchev–Trinajstić information content (AvgIpc) is 2.89. The van der Waals surface area contributed by atoms with Crippen molar-refractivity contribution in [1.29, 1.82) is 0 Å². The van der Waals surface area contributed by atoms with Crippen molar-refractivity contribution in [2.45, 2.75) is 51.5 Å². The number of fused-ring (bicyclic) bond motifs is 1. The summed E-state index contributed by atoms with van der Waals surface area (Å²) in [5.74, 6) is 0.972. The van der Waals surface area contributed by atoms with Gasteiger partial charge < -0.3 is 5.32 Å². The van der Waals surface area contributed by atoms with Gasteiger partial charge in [0, 0.05) is 17.1 Å². The molecule has 2 aromatic rings. The fourth-order valence-corrected chi connectivity index (χ4v) is 3.27. The van der Waals surface area contributed by atoms with E-state index >= 15 is 0 Å². The molecule has 2 N–H and O–H groups in total. The summed E-state index contributed by atoms with van der Waals surface area (Å²) in [5.41, 5.74) is 2.34. The normalized spacial score (nSPS) is 23.6. The minimum Gasteiger partial charge on any atom is -0.382 e. The molecule has 1 aliphatic rings. The Morgan fingerprint density at radius 1 is 1.26 bits per heavy atom. The van der Waals surface area contributed by atoms with E-state index in [1.54, 1.807) is 0 Å². The third-order valence-electron chi connectivity index (χ3n) is 4.35. The van der Waals surface area contributed by atoms with Crippen LogP contribution in [0.3, 0.4) is 0 Å². The number of benzene rings is 1. The molecule has 3 heteroatoms. The zero-order valence-electron chi connectivity index (χ0n) is 11.7. The predicted octanol–water partition coefficient (Wildman–Crippen LogP) is 4.33. The smallest absolute Gasteiger partial charge is 0.0651 e. The molecular weight excluding hydrogens is 234 g/mol. The number of anilines is 1. The van der Waals surface area contributed by atoms with Gasteiger partial charge in [-0.2, -0.15) is 5.10 Å². The molecule has 0 atom stereocenters. The van der Waals surface area contributed by atoms with Crippen LogP contribution in [-0.4, -0.2) is 16.2 Å². The van der Waals surface area contributed by atoms with E-state index in [1.165, 1.54) is 49.6 Å². The van der Waals surface area contributed by atoms with Crippen molar-refractivity contribution < 1.29 is 0 Å². The Hall–Kier alpha value is -1.51. The standard InChI is InChI=1S/C16H23N3/c1-2-3-12-4-6-14(7-5-12)18-15-8-9-16-13(10-15)11-17-19-16/h8-12,14,18H,2-7H2,1H3,(H,17,19). The number of rotatable bonds is 4. The Bertz CT molecular complexity index is 524. The van der Waals surface area contributed by atoms with Gasteiger partial charge in [-0.1, -0.05) is 19.8 Å². The van der Waals surface area contributed by atoms with Crippen LogP contribution in [0.25, 0.3) is 10.9 Å². The molecule has 0 saturated heterocycles. The van der Waals surface area contributed by atoms with Gasteiger partial charge in [0.2, 0.25) is 0 Å². The molecule has 0 radical (unpaired) electrons. The van der Waals surface area contributed by atoms with Crippen LogP contribution in [0.5, 0.6) is 0 Å². The van der Waals surface area contributed by atoms with E-state index in [4.69, 9.17) is 0 Å². The lowest BCUT2D eigenvalue weighted by molar-refractivity contribution is 0.319. The van der Waals surface area contributed by atoms with E-state index in [0.717, 1.165) is 11.4 Å². The first kappa shape index (κ1) is 12.5. The molecule has 1 aliphatic carbocycles. The molecule has 3 rings (SSSR count). The summed E-state index contributed by atoms with van der Waals surface area (Å²) in [6, 6.07) is 7.10. The van der Waals surface area contributed by atoms with Gasteiger partial charge in [-0.3, -0.25) is 5.10 Å². The molecule has 1 saturated carbocycles. The maximum absolute atomic E-state index is 4.07. The number of aromatic amines is 1. The first-order chi connectivity index (χ1) is 9.35. The fraction of sp³-hybridized carbons (Fsp3) is 0.562. The first-order valence-corrected chi connectivity index (χ1v) is 7.55. The topological polar surface area (TPSA) is 40.7 Å². The van der Waals surface area contributed by atoms with Crippen molar-refractivity contribution in [2.75, 3.05) is 5.32 Å². The number of H-pyrrole nitrogens is 1. The van der Waals surface area contributed by atoms with Gasteiger partial charge in [0.25, 0.3) is 0 Å². The SMILES string of the molecule is CCCC1CCC(Nc2ccc3[nH]ncc3c2)CC1. The molecule has 102 valence electrons. The maximum Gasteiger partial charge on any atom is 0.0651 e. The molecule has 19 heavy (non-hydrogen) atoms. The zero-order valence-corrected chi connectivity index (χ0v) is 11.7. The monoisotopic (exact) mass is 257 g/mol. The second-order valence-corrected chi connectivity index (χ2v) is 5.82. The molecule has 1 aromatic carbocycles.